The van der Waals surface area contributed by atoms with Crippen LogP contribution in [0.25, 0.3) is 0 Å². The highest BCUT2D eigenvalue weighted by molar-refractivity contribution is 9.10. The van der Waals surface area contributed by atoms with E-state index in [1.807, 2.05) is 6.20 Å². The normalized spacial score (nSPS) is 16.3. The van der Waals surface area contributed by atoms with Gasteiger partial charge in [0, 0.05) is 18.8 Å². The van der Waals surface area contributed by atoms with Crippen LogP contribution in [0.4, 0.5) is 5.82 Å². The molecule has 19 heavy (non-hydrogen) atoms. The molecule has 1 aliphatic rings. The van der Waals surface area contributed by atoms with E-state index in [0.717, 1.165) is 22.8 Å². The Morgan fingerprint density at radius 1 is 1.37 bits per heavy atom. The Labute approximate surface area is 125 Å². The summed E-state index contributed by atoms with van der Waals surface area (Å²) in [5, 5.41) is 0. The van der Waals surface area contributed by atoms with E-state index in [0.29, 0.717) is 6.04 Å². The number of rotatable bonds is 5. The van der Waals surface area contributed by atoms with Gasteiger partial charge < -0.3 is 4.90 Å². The Morgan fingerprint density at radius 3 is 2.63 bits per heavy atom. The van der Waals surface area contributed by atoms with Gasteiger partial charge in [0.1, 0.15) is 5.82 Å². The van der Waals surface area contributed by atoms with Crippen LogP contribution in [-0.4, -0.2) is 17.6 Å². The molecule has 1 aliphatic carbocycles. The minimum Gasteiger partial charge on any atom is -0.353 e. The van der Waals surface area contributed by atoms with E-state index in [1.54, 1.807) is 0 Å². The lowest BCUT2D eigenvalue weighted by Crippen LogP contribution is -2.35. The van der Waals surface area contributed by atoms with Gasteiger partial charge in [0.25, 0.3) is 0 Å². The van der Waals surface area contributed by atoms with Crippen LogP contribution < -0.4 is 4.90 Å². The monoisotopic (exact) mass is 324 g/mol. The summed E-state index contributed by atoms with van der Waals surface area (Å²) in [4.78, 5) is 7.22. The van der Waals surface area contributed by atoms with E-state index in [9.17, 15) is 0 Å². The summed E-state index contributed by atoms with van der Waals surface area (Å²) in [6.45, 7) is 7.81. The standard InChI is InChI=1S/C16H25BrN2/c1-12(2)8-9-19(14-6-4-5-7-14)16-15(17)10-13(3)11-18-16/h10-12,14H,4-9H2,1-3H3. The first-order chi connectivity index (χ1) is 9.08. The number of pyridine rings is 1. The molecule has 0 bridgehead atoms. The molecule has 2 rings (SSSR count). The van der Waals surface area contributed by atoms with Gasteiger partial charge in [-0.15, -0.1) is 0 Å². The van der Waals surface area contributed by atoms with Crippen molar-refractivity contribution in [3.05, 3.63) is 22.3 Å². The van der Waals surface area contributed by atoms with Gasteiger partial charge in [0.05, 0.1) is 4.47 Å². The van der Waals surface area contributed by atoms with Crippen molar-refractivity contribution in [2.75, 3.05) is 11.4 Å². The highest BCUT2D eigenvalue weighted by Crippen LogP contribution is 2.32. The predicted molar refractivity (Wildman–Crippen MR) is 85.7 cm³/mol. The van der Waals surface area contributed by atoms with Crippen LogP contribution in [0, 0.1) is 12.8 Å². The van der Waals surface area contributed by atoms with Crippen molar-refractivity contribution >= 4 is 21.7 Å². The molecule has 106 valence electrons. The number of halogens is 1. The van der Waals surface area contributed by atoms with Crippen LogP contribution in [0.1, 0.15) is 51.5 Å². The number of aryl methyl sites for hydroxylation is 1. The van der Waals surface area contributed by atoms with Crippen molar-refractivity contribution in [2.45, 2.75) is 58.9 Å². The van der Waals surface area contributed by atoms with Crippen molar-refractivity contribution in [3.8, 4) is 0 Å². The highest BCUT2D eigenvalue weighted by Gasteiger charge is 2.25. The summed E-state index contributed by atoms with van der Waals surface area (Å²) < 4.78 is 1.14. The third-order valence-electron chi connectivity index (χ3n) is 3.94. The van der Waals surface area contributed by atoms with Gasteiger partial charge in [-0.3, -0.25) is 0 Å². The average molecular weight is 325 g/mol. The predicted octanol–water partition coefficient (Wildman–Crippen LogP) is 4.95. The molecule has 1 saturated carbocycles. The van der Waals surface area contributed by atoms with E-state index in [1.165, 1.54) is 37.7 Å². The highest BCUT2D eigenvalue weighted by atomic mass is 79.9. The molecule has 0 saturated heterocycles. The first kappa shape index (κ1) is 14.8. The fourth-order valence-corrected chi connectivity index (χ4v) is 3.50. The van der Waals surface area contributed by atoms with E-state index in [-0.39, 0.29) is 0 Å². The molecular formula is C16H25BrN2. The minimum atomic E-state index is 0.685. The number of hydrogen-bond acceptors (Lipinski definition) is 2. The molecule has 2 nitrogen and oxygen atoms in total. The Balaban J connectivity index is 2.19. The van der Waals surface area contributed by atoms with Crippen molar-refractivity contribution in [2.24, 2.45) is 5.92 Å². The van der Waals surface area contributed by atoms with Crippen LogP contribution in [0.2, 0.25) is 0 Å². The van der Waals surface area contributed by atoms with E-state index >= 15 is 0 Å². The summed E-state index contributed by atoms with van der Waals surface area (Å²) in [6.07, 6.45) is 8.59. The van der Waals surface area contributed by atoms with Crippen LogP contribution in [0.3, 0.4) is 0 Å². The topological polar surface area (TPSA) is 16.1 Å². The van der Waals surface area contributed by atoms with Crippen LogP contribution in [0.15, 0.2) is 16.7 Å². The van der Waals surface area contributed by atoms with Crippen molar-refractivity contribution in [3.63, 3.8) is 0 Å². The van der Waals surface area contributed by atoms with Gasteiger partial charge in [-0.25, -0.2) is 4.98 Å². The molecule has 0 aromatic carbocycles. The Hall–Kier alpha value is -0.570. The molecule has 0 amide bonds. The van der Waals surface area contributed by atoms with Gasteiger partial charge in [0.15, 0.2) is 0 Å². The molecule has 1 aromatic rings. The molecule has 0 atom stereocenters. The molecule has 0 aliphatic heterocycles. The first-order valence-electron chi connectivity index (χ1n) is 7.46. The lowest BCUT2D eigenvalue weighted by atomic mass is 10.1. The third-order valence-corrected chi connectivity index (χ3v) is 4.53. The molecule has 0 radical (unpaired) electrons. The average Bonchev–Trinajstić information content (AvgIpc) is 2.85. The second-order valence-corrected chi connectivity index (χ2v) is 6.99. The Bertz CT molecular complexity index is 411. The minimum absolute atomic E-state index is 0.685. The SMILES string of the molecule is Cc1cnc(N(CCC(C)C)C2CCCC2)c(Br)c1. The van der Waals surface area contributed by atoms with Crippen LogP contribution in [-0.2, 0) is 0 Å². The maximum atomic E-state index is 4.68. The number of nitrogens with zero attached hydrogens (tertiary/aromatic N) is 2. The van der Waals surface area contributed by atoms with Crippen molar-refractivity contribution < 1.29 is 0 Å². The van der Waals surface area contributed by atoms with Crippen molar-refractivity contribution in [1.29, 1.82) is 0 Å². The fraction of sp³-hybridized carbons (Fsp3) is 0.688. The van der Waals surface area contributed by atoms with E-state index in [2.05, 4.69) is 52.7 Å². The number of aromatic nitrogens is 1. The molecule has 0 N–H and O–H groups in total. The molecule has 1 heterocycles. The van der Waals surface area contributed by atoms with Gasteiger partial charge >= 0.3 is 0 Å². The summed E-state index contributed by atoms with van der Waals surface area (Å²) >= 11 is 3.70. The van der Waals surface area contributed by atoms with Crippen LogP contribution in [0.5, 0.6) is 0 Å². The maximum absolute atomic E-state index is 4.68. The van der Waals surface area contributed by atoms with Crippen molar-refractivity contribution in [1.82, 2.24) is 4.98 Å². The van der Waals surface area contributed by atoms with E-state index in [4.69, 9.17) is 0 Å². The second-order valence-electron chi connectivity index (χ2n) is 6.13. The quantitative estimate of drug-likeness (QED) is 0.761. The van der Waals surface area contributed by atoms with Gasteiger partial charge in [0.2, 0.25) is 0 Å². The molecule has 0 spiro atoms. The lowest BCUT2D eigenvalue weighted by molar-refractivity contribution is 0.524. The largest absolute Gasteiger partial charge is 0.353 e. The maximum Gasteiger partial charge on any atom is 0.143 e. The zero-order valence-corrected chi connectivity index (χ0v) is 13.9. The van der Waals surface area contributed by atoms with Gasteiger partial charge in [-0.05, 0) is 59.7 Å². The summed E-state index contributed by atoms with van der Waals surface area (Å²) in [5.74, 6) is 1.88. The van der Waals surface area contributed by atoms with E-state index < -0.39 is 0 Å². The molecule has 1 fully saturated rings. The molecular weight excluding hydrogens is 300 g/mol. The summed E-state index contributed by atoms with van der Waals surface area (Å²) in [5.41, 5.74) is 1.21. The first-order valence-corrected chi connectivity index (χ1v) is 8.26. The smallest absolute Gasteiger partial charge is 0.143 e. The Kier molecular flexibility index (Phi) is 5.26. The zero-order valence-electron chi connectivity index (χ0n) is 12.3. The second kappa shape index (κ2) is 6.74. The number of hydrogen-bond donors (Lipinski definition) is 0. The molecule has 1 aromatic heterocycles. The van der Waals surface area contributed by atoms with Gasteiger partial charge in [-0.1, -0.05) is 26.7 Å². The molecule has 0 unspecified atom stereocenters. The zero-order chi connectivity index (χ0) is 13.8. The third kappa shape index (κ3) is 3.95. The molecule has 3 heteroatoms. The lowest BCUT2D eigenvalue weighted by Gasteiger charge is -2.31. The van der Waals surface area contributed by atoms with Crippen LogP contribution >= 0.6 is 15.9 Å². The summed E-state index contributed by atoms with van der Waals surface area (Å²) in [6, 6.07) is 2.87. The van der Waals surface area contributed by atoms with Gasteiger partial charge in [-0.2, -0.15) is 0 Å². The Morgan fingerprint density at radius 2 is 2.05 bits per heavy atom. The fourth-order valence-electron chi connectivity index (χ4n) is 2.81. The number of anilines is 1. The summed E-state index contributed by atoms with van der Waals surface area (Å²) in [7, 11) is 0.